The number of benzene rings is 3. The van der Waals surface area contributed by atoms with Crippen LogP contribution in [0.3, 0.4) is 0 Å². The quantitative estimate of drug-likeness (QED) is 0.268. The predicted molar refractivity (Wildman–Crippen MR) is 128 cm³/mol. The number of hydrogen-bond donors (Lipinski definition) is 0. The Labute approximate surface area is 194 Å². The van der Waals surface area contributed by atoms with Crippen molar-refractivity contribution in [3.05, 3.63) is 87.4 Å². The van der Waals surface area contributed by atoms with Crippen LogP contribution in [0.2, 0.25) is 10.0 Å². The third-order valence-corrected chi connectivity index (χ3v) is 6.64. The molecule has 0 saturated heterocycles. The Morgan fingerprint density at radius 2 is 1.81 bits per heavy atom. The van der Waals surface area contributed by atoms with E-state index < -0.39 is 0 Å². The number of halogens is 2. The van der Waals surface area contributed by atoms with E-state index in [1.165, 1.54) is 16.9 Å². The monoisotopic (exact) mass is 464 g/mol. The zero-order valence-electron chi connectivity index (χ0n) is 16.7. The maximum absolute atomic E-state index is 9.30. The van der Waals surface area contributed by atoms with Crippen molar-refractivity contribution < 1.29 is 0 Å². The Morgan fingerprint density at radius 3 is 2.55 bits per heavy atom. The fourth-order valence-corrected chi connectivity index (χ4v) is 4.61. The molecule has 0 saturated carbocycles. The summed E-state index contributed by atoms with van der Waals surface area (Å²) < 4.78 is 0.913. The third-order valence-electron chi connectivity index (χ3n) is 5.02. The standard InChI is InChI=1S/C24H18Cl2N4S/c1-15-11-17(18(9-10-27)12-16-5-3-2-4-6-16)7-8-21(15)29-30-24-28-22-13-19(25)20(26)14-23(22)31-24/h2-8,11,13-14,18H,9,12H2,1H3. The highest BCUT2D eigenvalue weighted by molar-refractivity contribution is 7.22. The first-order valence-corrected chi connectivity index (χ1v) is 11.3. The van der Waals surface area contributed by atoms with Crippen LogP contribution in [-0.2, 0) is 6.42 Å². The topological polar surface area (TPSA) is 61.4 Å². The second kappa shape index (κ2) is 9.57. The molecule has 0 fully saturated rings. The zero-order valence-corrected chi connectivity index (χ0v) is 19.0. The average Bonchev–Trinajstić information content (AvgIpc) is 3.15. The predicted octanol–water partition coefficient (Wildman–Crippen LogP) is 8.57. The average molecular weight is 465 g/mol. The molecule has 4 rings (SSSR count). The molecule has 7 heteroatoms. The summed E-state index contributed by atoms with van der Waals surface area (Å²) in [4.78, 5) is 4.46. The number of nitriles is 1. The zero-order chi connectivity index (χ0) is 21.8. The van der Waals surface area contributed by atoms with Gasteiger partial charge in [-0.1, -0.05) is 77.0 Å². The number of rotatable bonds is 6. The van der Waals surface area contributed by atoms with E-state index in [1.54, 1.807) is 12.1 Å². The smallest absolute Gasteiger partial charge is 0.217 e. The minimum atomic E-state index is 0.135. The first-order valence-electron chi connectivity index (χ1n) is 9.72. The third kappa shape index (κ3) is 5.11. The Bertz CT molecular complexity index is 1250. The van der Waals surface area contributed by atoms with Crippen molar-refractivity contribution in [3.8, 4) is 6.07 Å². The summed E-state index contributed by atoms with van der Waals surface area (Å²) in [7, 11) is 0. The molecule has 0 aliphatic carbocycles. The van der Waals surface area contributed by atoms with E-state index in [4.69, 9.17) is 23.2 Å². The molecule has 0 bridgehead atoms. The van der Waals surface area contributed by atoms with Crippen LogP contribution in [0.1, 0.15) is 29.0 Å². The number of hydrogen-bond acceptors (Lipinski definition) is 5. The Hall–Kier alpha value is -2.78. The highest BCUT2D eigenvalue weighted by Crippen LogP contribution is 2.35. The number of fused-ring (bicyclic) bond motifs is 1. The van der Waals surface area contributed by atoms with Crippen LogP contribution in [0.5, 0.6) is 0 Å². The van der Waals surface area contributed by atoms with Gasteiger partial charge in [0.25, 0.3) is 0 Å². The van der Waals surface area contributed by atoms with Crippen molar-refractivity contribution in [1.29, 1.82) is 5.26 Å². The number of nitrogens with zero attached hydrogens (tertiary/aromatic N) is 4. The van der Waals surface area contributed by atoms with E-state index >= 15 is 0 Å². The molecule has 4 nitrogen and oxygen atoms in total. The first kappa shape index (κ1) is 21.5. The molecule has 4 aromatic rings. The minimum Gasteiger partial charge on any atom is -0.217 e. The summed E-state index contributed by atoms with van der Waals surface area (Å²) in [6.07, 6.45) is 1.29. The van der Waals surface area contributed by atoms with Gasteiger partial charge < -0.3 is 0 Å². The summed E-state index contributed by atoms with van der Waals surface area (Å²) in [5.41, 5.74) is 4.88. The summed E-state index contributed by atoms with van der Waals surface area (Å²) >= 11 is 13.6. The molecule has 0 radical (unpaired) electrons. The van der Waals surface area contributed by atoms with E-state index in [2.05, 4.69) is 39.5 Å². The molecule has 1 heterocycles. The second-order valence-electron chi connectivity index (χ2n) is 7.23. The molecule has 1 aromatic heterocycles. The van der Waals surface area contributed by atoms with Crippen LogP contribution in [0.15, 0.2) is 70.9 Å². The number of thiazole rings is 1. The SMILES string of the molecule is Cc1cc(C(CC#N)Cc2ccccc2)ccc1N=Nc1nc2cc(Cl)c(Cl)cc2s1. The van der Waals surface area contributed by atoms with Gasteiger partial charge in [-0.3, -0.25) is 0 Å². The van der Waals surface area contributed by atoms with Gasteiger partial charge in [0.05, 0.1) is 32.0 Å². The molecule has 0 spiro atoms. The lowest BCUT2D eigenvalue weighted by Crippen LogP contribution is -2.02. The van der Waals surface area contributed by atoms with Crippen molar-refractivity contribution >= 4 is 55.6 Å². The normalized spacial score (nSPS) is 12.3. The lowest BCUT2D eigenvalue weighted by molar-refractivity contribution is 0.701. The van der Waals surface area contributed by atoms with E-state index in [0.717, 1.165) is 33.5 Å². The lowest BCUT2D eigenvalue weighted by Gasteiger charge is -2.15. The molecule has 0 aliphatic rings. The molecule has 31 heavy (non-hydrogen) atoms. The molecule has 0 amide bonds. The van der Waals surface area contributed by atoms with Crippen molar-refractivity contribution in [3.63, 3.8) is 0 Å². The van der Waals surface area contributed by atoms with Gasteiger partial charge in [-0.25, -0.2) is 4.98 Å². The highest BCUT2D eigenvalue weighted by Gasteiger charge is 2.14. The number of azo groups is 1. The van der Waals surface area contributed by atoms with Gasteiger partial charge in [0.1, 0.15) is 0 Å². The first-order chi connectivity index (χ1) is 15.0. The fraction of sp³-hybridized carbons (Fsp3) is 0.167. The molecular formula is C24H18Cl2N4S. The van der Waals surface area contributed by atoms with Crippen LogP contribution >= 0.6 is 34.5 Å². The van der Waals surface area contributed by atoms with Crippen molar-refractivity contribution in [2.45, 2.75) is 25.7 Å². The lowest BCUT2D eigenvalue weighted by atomic mass is 9.89. The molecular weight excluding hydrogens is 447 g/mol. The summed E-state index contributed by atoms with van der Waals surface area (Å²) in [5.74, 6) is 0.135. The summed E-state index contributed by atoms with van der Waals surface area (Å²) in [5, 5.41) is 19.5. The summed E-state index contributed by atoms with van der Waals surface area (Å²) in [6, 6.07) is 22.2. The second-order valence-corrected chi connectivity index (χ2v) is 9.05. The van der Waals surface area contributed by atoms with Crippen LogP contribution in [-0.4, -0.2) is 4.98 Å². The van der Waals surface area contributed by atoms with Crippen LogP contribution in [0.4, 0.5) is 10.8 Å². The van der Waals surface area contributed by atoms with E-state index in [0.29, 0.717) is 21.6 Å². The van der Waals surface area contributed by atoms with E-state index in [9.17, 15) is 5.26 Å². The van der Waals surface area contributed by atoms with Crippen LogP contribution < -0.4 is 0 Å². The summed E-state index contributed by atoms with van der Waals surface area (Å²) in [6.45, 7) is 2.00. The van der Waals surface area contributed by atoms with E-state index in [-0.39, 0.29) is 5.92 Å². The maximum atomic E-state index is 9.30. The highest BCUT2D eigenvalue weighted by atomic mass is 35.5. The molecule has 1 atom stereocenters. The van der Waals surface area contributed by atoms with Gasteiger partial charge in [0.2, 0.25) is 5.13 Å². The van der Waals surface area contributed by atoms with Crippen molar-refractivity contribution in [2.24, 2.45) is 10.2 Å². The van der Waals surface area contributed by atoms with Crippen molar-refractivity contribution in [2.75, 3.05) is 0 Å². The van der Waals surface area contributed by atoms with Crippen molar-refractivity contribution in [1.82, 2.24) is 4.98 Å². The Balaban J connectivity index is 1.56. The Morgan fingerprint density at radius 1 is 1.03 bits per heavy atom. The molecule has 154 valence electrons. The van der Waals surface area contributed by atoms with Gasteiger partial charge in [0, 0.05) is 12.3 Å². The number of aromatic nitrogens is 1. The van der Waals surface area contributed by atoms with Gasteiger partial charge in [0.15, 0.2) is 0 Å². The van der Waals surface area contributed by atoms with E-state index in [1.807, 2.05) is 37.3 Å². The molecule has 3 aromatic carbocycles. The number of aryl methyl sites for hydroxylation is 1. The van der Waals surface area contributed by atoms with Gasteiger partial charge in [-0.15, -0.1) is 10.2 Å². The van der Waals surface area contributed by atoms with Gasteiger partial charge in [-0.05, 0) is 48.2 Å². The minimum absolute atomic E-state index is 0.135. The van der Waals surface area contributed by atoms with Crippen LogP contribution in [0.25, 0.3) is 10.2 Å². The molecule has 1 unspecified atom stereocenters. The maximum Gasteiger partial charge on any atom is 0.231 e. The Kier molecular flexibility index (Phi) is 6.62. The fourth-order valence-electron chi connectivity index (χ4n) is 3.41. The largest absolute Gasteiger partial charge is 0.231 e. The molecule has 0 N–H and O–H groups in total. The van der Waals surface area contributed by atoms with Gasteiger partial charge in [-0.2, -0.15) is 5.26 Å². The van der Waals surface area contributed by atoms with Crippen LogP contribution in [0, 0.1) is 18.3 Å². The molecule has 0 aliphatic heterocycles. The van der Waals surface area contributed by atoms with Gasteiger partial charge >= 0.3 is 0 Å².